The average molecular weight is 237 g/mol. The van der Waals surface area contributed by atoms with E-state index in [1.807, 2.05) is 14.1 Å². The van der Waals surface area contributed by atoms with Gasteiger partial charge in [-0.05, 0) is 20.2 Å². The van der Waals surface area contributed by atoms with E-state index < -0.39 is 0 Å². The van der Waals surface area contributed by atoms with Crippen LogP contribution in [0.15, 0.2) is 12.1 Å². The minimum absolute atomic E-state index is 0.255. The first-order valence-corrected chi connectivity index (χ1v) is 5.47. The molecule has 0 fully saturated rings. The summed E-state index contributed by atoms with van der Waals surface area (Å²) in [5.41, 5.74) is 1.64. The molecule has 5 heteroatoms. The number of hydrogen-bond acceptors (Lipinski definition) is 3. The second-order valence-electron chi connectivity index (χ2n) is 4.26. The monoisotopic (exact) mass is 237 g/mol. The highest BCUT2D eigenvalue weighted by atomic mass is 19.1. The Balaban J connectivity index is 2.37. The van der Waals surface area contributed by atoms with E-state index in [1.54, 1.807) is 6.07 Å². The molecule has 1 N–H and O–H groups in total. The first kappa shape index (κ1) is 11.9. The zero-order valence-electron chi connectivity index (χ0n) is 10.2. The van der Waals surface area contributed by atoms with E-state index in [0.717, 1.165) is 24.0 Å². The van der Waals surface area contributed by atoms with Crippen molar-refractivity contribution >= 4 is 10.9 Å². The van der Waals surface area contributed by atoms with Crippen LogP contribution in [0, 0.1) is 5.82 Å². The number of ether oxygens (including phenoxy) is 1. The topological polar surface area (TPSA) is 41.1 Å². The van der Waals surface area contributed by atoms with Crippen molar-refractivity contribution in [3.8, 4) is 5.75 Å². The first-order valence-electron chi connectivity index (χ1n) is 5.47. The fourth-order valence-electron chi connectivity index (χ4n) is 1.75. The first-order chi connectivity index (χ1) is 8.11. The third-order valence-corrected chi connectivity index (χ3v) is 2.72. The van der Waals surface area contributed by atoms with Gasteiger partial charge in [0.05, 0.1) is 12.6 Å². The smallest absolute Gasteiger partial charge is 0.167 e. The van der Waals surface area contributed by atoms with Crippen LogP contribution in [-0.2, 0) is 6.42 Å². The van der Waals surface area contributed by atoms with Gasteiger partial charge in [-0.25, -0.2) is 4.39 Å². The number of methoxy groups -OCH3 is 1. The van der Waals surface area contributed by atoms with Crippen LogP contribution >= 0.6 is 0 Å². The molecule has 1 aromatic carbocycles. The van der Waals surface area contributed by atoms with Crippen molar-refractivity contribution in [3.63, 3.8) is 0 Å². The summed E-state index contributed by atoms with van der Waals surface area (Å²) >= 11 is 0. The van der Waals surface area contributed by atoms with Crippen LogP contribution < -0.4 is 4.74 Å². The van der Waals surface area contributed by atoms with Gasteiger partial charge in [-0.3, -0.25) is 5.10 Å². The molecule has 0 saturated carbocycles. The van der Waals surface area contributed by atoms with Gasteiger partial charge in [-0.15, -0.1) is 0 Å². The van der Waals surface area contributed by atoms with Crippen LogP contribution in [0.1, 0.15) is 5.69 Å². The molecule has 0 aliphatic heterocycles. The largest absolute Gasteiger partial charge is 0.494 e. The molecule has 0 bridgehead atoms. The Morgan fingerprint density at radius 1 is 1.41 bits per heavy atom. The van der Waals surface area contributed by atoms with E-state index in [-0.39, 0.29) is 11.6 Å². The normalized spacial score (nSPS) is 11.4. The number of likely N-dealkylation sites (N-methyl/N-ethyl adjacent to an activating group) is 1. The highest BCUT2D eigenvalue weighted by Gasteiger charge is 2.11. The molecule has 0 unspecified atom stereocenters. The van der Waals surface area contributed by atoms with E-state index in [9.17, 15) is 4.39 Å². The molecule has 0 spiro atoms. The third kappa shape index (κ3) is 2.39. The van der Waals surface area contributed by atoms with E-state index in [1.165, 1.54) is 13.2 Å². The van der Waals surface area contributed by atoms with Crippen LogP contribution in [-0.4, -0.2) is 42.8 Å². The van der Waals surface area contributed by atoms with Gasteiger partial charge in [0.1, 0.15) is 0 Å². The number of hydrogen-bond donors (Lipinski definition) is 1. The zero-order chi connectivity index (χ0) is 12.4. The van der Waals surface area contributed by atoms with Crippen molar-refractivity contribution in [2.75, 3.05) is 27.7 Å². The maximum Gasteiger partial charge on any atom is 0.167 e. The molecule has 1 aromatic heterocycles. The number of nitrogens with zero attached hydrogens (tertiary/aromatic N) is 2. The van der Waals surface area contributed by atoms with Gasteiger partial charge < -0.3 is 9.64 Å². The van der Waals surface area contributed by atoms with E-state index >= 15 is 0 Å². The average Bonchev–Trinajstić information content (AvgIpc) is 2.67. The van der Waals surface area contributed by atoms with Crippen molar-refractivity contribution < 1.29 is 9.13 Å². The summed E-state index contributed by atoms with van der Waals surface area (Å²) in [5.74, 6) is -0.129. The lowest BCUT2D eigenvalue weighted by Crippen LogP contribution is -2.15. The molecular weight excluding hydrogens is 221 g/mol. The molecule has 2 aromatic rings. The van der Waals surface area contributed by atoms with Gasteiger partial charge in [0.15, 0.2) is 11.6 Å². The standard InChI is InChI=1S/C12H16FN3O/c1-16(2)5-4-10-8-6-12(17-3)9(13)7-11(8)15-14-10/h6-7H,4-5H2,1-3H3,(H,14,15). The van der Waals surface area contributed by atoms with Gasteiger partial charge in [0, 0.05) is 30.1 Å². The molecule has 0 aliphatic rings. The molecule has 92 valence electrons. The van der Waals surface area contributed by atoms with Crippen molar-refractivity contribution in [1.29, 1.82) is 0 Å². The molecule has 0 amide bonds. The number of halogens is 1. The Bertz CT molecular complexity index is 522. The Morgan fingerprint density at radius 3 is 2.82 bits per heavy atom. The van der Waals surface area contributed by atoms with Gasteiger partial charge in [-0.1, -0.05) is 0 Å². The Labute approximate surface area is 99.4 Å². The summed E-state index contributed by atoms with van der Waals surface area (Å²) < 4.78 is 18.4. The quantitative estimate of drug-likeness (QED) is 0.881. The Hall–Kier alpha value is -1.62. The van der Waals surface area contributed by atoms with Crippen molar-refractivity contribution in [2.45, 2.75) is 6.42 Å². The summed E-state index contributed by atoms with van der Waals surface area (Å²) in [7, 11) is 5.49. The highest BCUT2D eigenvalue weighted by molar-refractivity contribution is 5.83. The number of aromatic nitrogens is 2. The van der Waals surface area contributed by atoms with Crippen LogP contribution in [0.5, 0.6) is 5.75 Å². The number of rotatable bonds is 4. The fourth-order valence-corrected chi connectivity index (χ4v) is 1.75. The van der Waals surface area contributed by atoms with Crippen molar-refractivity contribution in [3.05, 3.63) is 23.6 Å². The summed E-state index contributed by atoms with van der Waals surface area (Å²) in [6, 6.07) is 3.09. The minimum Gasteiger partial charge on any atom is -0.494 e. The van der Waals surface area contributed by atoms with Crippen LogP contribution in [0.4, 0.5) is 4.39 Å². The highest BCUT2D eigenvalue weighted by Crippen LogP contribution is 2.25. The van der Waals surface area contributed by atoms with Crippen LogP contribution in [0.25, 0.3) is 10.9 Å². The molecule has 1 heterocycles. The second-order valence-corrected chi connectivity index (χ2v) is 4.26. The maximum absolute atomic E-state index is 13.5. The molecule has 4 nitrogen and oxygen atoms in total. The molecule has 0 aliphatic carbocycles. The van der Waals surface area contributed by atoms with Gasteiger partial charge >= 0.3 is 0 Å². The maximum atomic E-state index is 13.5. The number of nitrogens with one attached hydrogen (secondary N) is 1. The molecule has 17 heavy (non-hydrogen) atoms. The number of H-pyrrole nitrogens is 1. The lowest BCUT2D eigenvalue weighted by molar-refractivity contribution is 0.387. The van der Waals surface area contributed by atoms with E-state index in [2.05, 4.69) is 15.1 Å². The van der Waals surface area contributed by atoms with Crippen molar-refractivity contribution in [1.82, 2.24) is 15.1 Å². The lowest BCUT2D eigenvalue weighted by atomic mass is 10.1. The summed E-state index contributed by atoms with van der Waals surface area (Å²) in [4.78, 5) is 2.09. The van der Waals surface area contributed by atoms with Gasteiger partial charge in [0.25, 0.3) is 0 Å². The number of benzene rings is 1. The van der Waals surface area contributed by atoms with Crippen molar-refractivity contribution in [2.24, 2.45) is 0 Å². The van der Waals surface area contributed by atoms with Gasteiger partial charge in [-0.2, -0.15) is 5.10 Å². The van der Waals surface area contributed by atoms with E-state index in [0.29, 0.717) is 5.52 Å². The zero-order valence-corrected chi connectivity index (χ0v) is 10.2. The molecule has 0 radical (unpaired) electrons. The van der Waals surface area contributed by atoms with E-state index in [4.69, 9.17) is 4.74 Å². The summed E-state index contributed by atoms with van der Waals surface area (Å²) in [6.07, 6.45) is 0.846. The van der Waals surface area contributed by atoms with Crippen LogP contribution in [0.3, 0.4) is 0 Å². The number of aromatic amines is 1. The van der Waals surface area contributed by atoms with Gasteiger partial charge in [0.2, 0.25) is 0 Å². The Morgan fingerprint density at radius 2 is 2.18 bits per heavy atom. The third-order valence-electron chi connectivity index (χ3n) is 2.72. The number of fused-ring (bicyclic) bond motifs is 1. The molecule has 2 rings (SSSR count). The summed E-state index contributed by atoms with van der Waals surface area (Å²) in [6.45, 7) is 0.914. The molecule has 0 saturated heterocycles. The SMILES string of the molecule is COc1cc2c(CCN(C)C)[nH]nc2cc1F. The van der Waals surface area contributed by atoms with Crippen LogP contribution in [0.2, 0.25) is 0 Å². The molecular formula is C12H16FN3O. The fraction of sp³-hybridized carbons (Fsp3) is 0.417. The predicted molar refractivity (Wildman–Crippen MR) is 64.9 cm³/mol. The minimum atomic E-state index is -0.384. The summed E-state index contributed by atoms with van der Waals surface area (Å²) in [5, 5.41) is 7.96. The lowest BCUT2D eigenvalue weighted by Gasteiger charge is -2.08. The molecule has 0 atom stereocenters. The Kier molecular flexibility index (Phi) is 3.28. The second kappa shape index (κ2) is 4.71. The predicted octanol–water partition coefficient (Wildman–Crippen LogP) is 1.81.